The molecule has 2 nitrogen and oxygen atoms in total. The van der Waals surface area contributed by atoms with Gasteiger partial charge in [0.2, 0.25) is 0 Å². The van der Waals surface area contributed by atoms with Gasteiger partial charge in [-0.2, -0.15) is 0 Å². The Morgan fingerprint density at radius 1 is 1.25 bits per heavy atom. The average molecular weight is 249 g/mol. The van der Waals surface area contributed by atoms with Crippen molar-refractivity contribution < 1.29 is 18.3 Å². The average Bonchev–Trinajstić information content (AvgIpc) is 2.33. The molecule has 5 heteroatoms. The standard InChI is InChI=1S/C11H11ClF2O2/c12-11(10-6-15-3-4-16-10)7-1-2-8(13)9(14)5-7/h1-2,5,10-11H,3-4,6H2. The Morgan fingerprint density at radius 3 is 2.69 bits per heavy atom. The molecular formula is C11H11ClF2O2. The van der Waals surface area contributed by atoms with E-state index in [0.717, 1.165) is 12.1 Å². The number of alkyl halides is 1. The molecule has 2 rings (SSSR count). The predicted octanol–water partition coefficient (Wildman–Crippen LogP) is 2.66. The highest BCUT2D eigenvalue weighted by atomic mass is 35.5. The Kier molecular flexibility index (Phi) is 3.74. The molecule has 0 aromatic heterocycles. The summed E-state index contributed by atoms with van der Waals surface area (Å²) in [5, 5.41) is -0.532. The lowest BCUT2D eigenvalue weighted by atomic mass is 10.1. The van der Waals surface area contributed by atoms with Gasteiger partial charge in [0.25, 0.3) is 0 Å². The van der Waals surface area contributed by atoms with Crippen LogP contribution in [0.1, 0.15) is 10.9 Å². The molecular weight excluding hydrogens is 238 g/mol. The first-order valence-electron chi connectivity index (χ1n) is 4.97. The van der Waals surface area contributed by atoms with Gasteiger partial charge in [-0.3, -0.25) is 0 Å². The minimum absolute atomic E-state index is 0.319. The number of halogens is 3. The third-order valence-corrected chi connectivity index (χ3v) is 2.96. The van der Waals surface area contributed by atoms with Crippen LogP contribution in [0.4, 0.5) is 8.78 Å². The van der Waals surface area contributed by atoms with E-state index in [0.29, 0.717) is 25.4 Å². The molecule has 2 atom stereocenters. The van der Waals surface area contributed by atoms with Crippen molar-refractivity contribution >= 4 is 11.6 Å². The lowest BCUT2D eigenvalue weighted by Gasteiger charge is -2.27. The van der Waals surface area contributed by atoms with Crippen LogP contribution in [0.2, 0.25) is 0 Å². The molecule has 1 aromatic carbocycles. The van der Waals surface area contributed by atoms with Crippen LogP contribution in [0.3, 0.4) is 0 Å². The van der Waals surface area contributed by atoms with E-state index in [1.54, 1.807) is 0 Å². The maximum atomic E-state index is 13.0. The van der Waals surface area contributed by atoms with E-state index < -0.39 is 17.0 Å². The highest BCUT2D eigenvalue weighted by Gasteiger charge is 2.25. The number of ether oxygens (including phenoxy) is 2. The van der Waals surface area contributed by atoms with Gasteiger partial charge in [0, 0.05) is 0 Å². The molecule has 1 saturated heterocycles. The van der Waals surface area contributed by atoms with Crippen LogP contribution in [0.15, 0.2) is 18.2 Å². The van der Waals surface area contributed by atoms with E-state index in [1.807, 2.05) is 0 Å². The van der Waals surface area contributed by atoms with Crippen molar-refractivity contribution in [2.75, 3.05) is 19.8 Å². The molecule has 0 aliphatic carbocycles. The summed E-state index contributed by atoms with van der Waals surface area (Å²) in [4.78, 5) is 0. The van der Waals surface area contributed by atoms with Gasteiger partial charge in [0.1, 0.15) is 6.10 Å². The summed E-state index contributed by atoms with van der Waals surface area (Å²) in [5.74, 6) is -1.78. The molecule has 88 valence electrons. The number of rotatable bonds is 2. The van der Waals surface area contributed by atoms with Crippen LogP contribution in [-0.2, 0) is 9.47 Å². The van der Waals surface area contributed by atoms with E-state index in [4.69, 9.17) is 21.1 Å². The van der Waals surface area contributed by atoms with Crippen molar-refractivity contribution in [3.8, 4) is 0 Å². The predicted molar refractivity (Wildman–Crippen MR) is 55.5 cm³/mol. The highest BCUT2D eigenvalue weighted by molar-refractivity contribution is 6.21. The van der Waals surface area contributed by atoms with E-state index >= 15 is 0 Å². The molecule has 1 fully saturated rings. The molecule has 1 aromatic rings. The van der Waals surface area contributed by atoms with Crippen molar-refractivity contribution in [2.24, 2.45) is 0 Å². The molecule has 1 aliphatic rings. The molecule has 0 N–H and O–H groups in total. The number of hydrogen-bond donors (Lipinski definition) is 0. The summed E-state index contributed by atoms with van der Waals surface area (Å²) in [5.41, 5.74) is 0.496. The van der Waals surface area contributed by atoms with Crippen molar-refractivity contribution in [2.45, 2.75) is 11.5 Å². The van der Waals surface area contributed by atoms with Crippen molar-refractivity contribution in [3.63, 3.8) is 0 Å². The summed E-state index contributed by atoms with van der Waals surface area (Å²) < 4.78 is 36.3. The Hall–Kier alpha value is -0.710. The smallest absolute Gasteiger partial charge is 0.159 e. The Labute approximate surface area is 97.1 Å². The fourth-order valence-electron chi connectivity index (χ4n) is 1.57. The second kappa shape index (κ2) is 5.08. The SMILES string of the molecule is Fc1ccc(C(Cl)C2COCCO2)cc1F. The molecule has 2 unspecified atom stereocenters. The van der Waals surface area contributed by atoms with Crippen LogP contribution in [0.25, 0.3) is 0 Å². The molecule has 1 heterocycles. The summed E-state index contributed by atoms with van der Waals surface area (Å²) in [7, 11) is 0. The number of benzene rings is 1. The summed E-state index contributed by atoms with van der Waals surface area (Å²) in [6, 6.07) is 3.60. The lowest BCUT2D eigenvalue weighted by molar-refractivity contribution is -0.0892. The van der Waals surface area contributed by atoms with Crippen LogP contribution in [-0.4, -0.2) is 25.9 Å². The van der Waals surface area contributed by atoms with E-state index in [2.05, 4.69) is 0 Å². The zero-order chi connectivity index (χ0) is 11.5. The summed E-state index contributed by atoms with van der Waals surface area (Å²) in [6.07, 6.45) is -0.319. The Balaban J connectivity index is 2.12. The van der Waals surface area contributed by atoms with Crippen molar-refractivity contribution in [3.05, 3.63) is 35.4 Å². The van der Waals surface area contributed by atoms with Crippen LogP contribution < -0.4 is 0 Å². The molecule has 0 saturated carbocycles. The Bertz CT molecular complexity index is 367. The summed E-state index contributed by atoms with van der Waals surface area (Å²) in [6.45, 7) is 1.38. The summed E-state index contributed by atoms with van der Waals surface area (Å²) >= 11 is 6.12. The lowest BCUT2D eigenvalue weighted by Crippen LogP contribution is -2.31. The molecule has 1 aliphatic heterocycles. The minimum atomic E-state index is -0.903. The zero-order valence-corrected chi connectivity index (χ0v) is 9.21. The molecule has 0 radical (unpaired) electrons. The maximum absolute atomic E-state index is 13.0. The van der Waals surface area contributed by atoms with Crippen molar-refractivity contribution in [1.29, 1.82) is 0 Å². The van der Waals surface area contributed by atoms with Gasteiger partial charge in [0.05, 0.1) is 25.2 Å². The van der Waals surface area contributed by atoms with E-state index in [1.165, 1.54) is 6.07 Å². The Morgan fingerprint density at radius 2 is 2.06 bits per heavy atom. The molecule has 0 spiro atoms. The third-order valence-electron chi connectivity index (χ3n) is 2.43. The van der Waals surface area contributed by atoms with Gasteiger partial charge in [0.15, 0.2) is 11.6 Å². The van der Waals surface area contributed by atoms with Gasteiger partial charge in [-0.15, -0.1) is 11.6 Å². The topological polar surface area (TPSA) is 18.5 Å². The van der Waals surface area contributed by atoms with Crippen LogP contribution in [0.5, 0.6) is 0 Å². The second-order valence-corrected chi connectivity index (χ2v) is 4.03. The van der Waals surface area contributed by atoms with Gasteiger partial charge in [-0.1, -0.05) is 6.07 Å². The van der Waals surface area contributed by atoms with Gasteiger partial charge < -0.3 is 9.47 Å². The van der Waals surface area contributed by atoms with E-state index in [-0.39, 0.29) is 6.10 Å². The highest BCUT2D eigenvalue weighted by Crippen LogP contribution is 2.28. The van der Waals surface area contributed by atoms with Gasteiger partial charge >= 0.3 is 0 Å². The molecule has 16 heavy (non-hydrogen) atoms. The fraction of sp³-hybridized carbons (Fsp3) is 0.455. The first-order chi connectivity index (χ1) is 7.68. The molecule has 0 amide bonds. The quantitative estimate of drug-likeness (QED) is 0.749. The fourth-order valence-corrected chi connectivity index (χ4v) is 1.85. The van der Waals surface area contributed by atoms with Crippen molar-refractivity contribution in [1.82, 2.24) is 0 Å². The van der Waals surface area contributed by atoms with Gasteiger partial charge in [-0.05, 0) is 17.7 Å². The number of hydrogen-bond acceptors (Lipinski definition) is 2. The zero-order valence-electron chi connectivity index (χ0n) is 8.46. The minimum Gasteiger partial charge on any atom is -0.376 e. The first kappa shape index (κ1) is 11.8. The third kappa shape index (κ3) is 2.51. The monoisotopic (exact) mass is 248 g/mol. The molecule has 0 bridgehead atoms. The van der Waals surface area contributed by atoms with Crippen LogP contribution in [0, 0.1) is 11.6 Å². The van der Waals surface area contributed by atoms with E-state index in [9.17, 15) is 8.78 Å². The maximum Gasteiger partial charge on any atom is 0.159 e. The van der Waals surface area contributed by atoms with Crippen LogP contribution >= 0.6 is 11.6 Å². The normalized spacial score (nSPS) is 23.1. The van der Waals surface area contributed by atoms with Gasteiger partial charge in [-0.25, -0.2) is 8.78 Å². The first-order valence-corrected chi connectivity index (χ1v) is 5.40. The largest absolute Gasteiger partial charge is 0.376 e. The second-order valence-electron chi connectivity index (χ2n) is 3.56.